The molecule has 0 saturated carbocycles. The van der Waals surface area contributed by atoms with Crippen LogP contribution in [0.1, 0.15) is 16.1 Å². The van der Waals surface area contributed by atoms with Crippen molar-refractivity contribution in [1.82, 2.24) is 14.5 Å². The molecule has 110 valence electrons. The molecule has 21 heavy (non-hydrogen) atoms. The topological polar surface area (TPSA) is 67.6 Å². The maximum Gasteiger partial charge on any atom is 0.337 e. The fourth-order valence-corrected chi connectivity index (χ4v) is 2.44. The molecule has 1 fully saturated rings. The van der Waals surface area contributed by atoms with Crippen LogP contribution in [0.5, 0.6) is 0 Å². The lowest BCUT2D eigenvalue weighted by Gasteiger charge is -2.25. The van der Waals surface area contributed by atoms with Crippen molar-refractivity contribution in [1.29, 1.82) is 0 Å². The van der Waals surface area contributed by atoms with E-state index in [0.717, 1.165) is 38.5 Å². The number of nitrogens with zero attached hydrogens (tertiary/aromatic N) is 3. The summed E-state index contributed by atoms with van der Waals surface area (Å²) in [6.07, 6.45) is 3.55. The fraction of sp³-hybridized carbons (Fsp3) is 0.333. The van der Waals surface area contributed by atoms with Crippen LogP contribution in [0, 0.1) is 0 Å². The van der Waals surface area contributed by atoms with Crippen molar-refractivity contribution in [2.24, 2.45) is 0 Å². The SMILES string of the molecule is O=C(O)c1ccccc1-n1cnc(CN2CCOCC2)c1. The van der Waals surface area contributed by atoms with Gasteiger partial charge in [-0.25, -0.2) is 9.78 Å². The molecule has 1 aliphatic heterocycles. The first kappa shape index (κ1) is 13.8. The summed E-state index contributed by atoms with van der Waals surface area (Å²) in [7, 11) is 0. The zero-order valence-electron chi connectivity index (χ0n) is 11.6. The van der Waals surface area contributed by atoms with E-state index < -0.39 is 5.97 Å². The van der Waals surface area contributed by atoms with E-state index in [4.69, 9.17) is 4.74 Å². The monoisotopic (exact) mass is 287 g/mol. The maximum absolute atomic E-state index is 11.3. The smallest absolute Gasteiger partial charge is 0.337 e. The molecule has 0 bridgehead atoms. The van der Waals surface area contributed by atoms with Crippen LogP contribution < -0.4 is 0 Å². The van der Waals surface area contributed by atoms with Gasteiger partial charge in [-0.05, 0) is 12.1 Å². The van der Waals surface area contributed by atoms with Gasteiger partial charge in [0, 0.05) is 25.8 Å². The van der Waals surface area contributed by atoms with Crippen LogP contribution in [-0.2, 0) is 11.3 Å². The minimum atomic E-state index is -0.936. The number of carboxylic acids is 1. The Morgan fingerprint density at radius 3 is 2.81 bits per heavy atom. The number of ether oxygens (including phenoxy) is 1. The van der Waals surface area contributed by atoms with E-state index >= 15 is 0 Å². The van der Waals surface area contributed by atoms with Crippen molar-refractivity contribution in [3.8, 4) is 5.69 Å². The second-order valence-electron chi connectivity index (χ2n) is 4.98. The highest BCUT2D eigenvalue weighted by molar-refractivity contribution is 5.91. The van der Waals surface area contributed by atoms with Crippen LogP contribution >= 0.6 is 0 Å². The highest BCUT2D eigenvalue weighted by atomic mass is 16.5. The number of aromatic carboxylic acids is 1. The summed E-state index contributed by atoms with van der Waals surface area (Å²) in [6, 6.07) is 6.92. The summed E-state index contributed by atoms with van der Waals surface area (Å²) in [5.41, 5.74) is 1.83. The Morgan fingerprint density at radius 1 is 1.29 bits per heavy atom. The molecular weight excluding hydrogens is 270 g/mol. The molecule has 0 aliphatic carbocycles. The third-order valence-electron chi connectivity index (χ3n) is 3.54. The molecule has 0 unspecified atom stereocenters. The van der Waals surface area contributed by atoms with E-state index in [1.54, 1.807) is 29.1 Å². The number of carbonyl (C=O) groups is 1. The number of para-hydroxylation sites is 1. The summed E-state index contributed by atoms with van der Waals surface area (Å²) < 4.78 is 7.08. The summed E-state index contributed by atoms with van der Waals surface area (Å²) in [4.78, 5) is 17.9. The number of carboxylic acid groups (broad SMARTS) is 1. The molecule has 6 heteroatoms. The first-order valence-electron chi connectivity index (χ1n) is 6.90. The van der Waals surface area contributed by atoms with E-state index in [9.17, 15) is 9.90 Å². The van der Waals surface area contributed by atoms with Gasteiger partial charge >= 0.3 is 5.97 Å². The van der Waals surface area contributed by atoms with Crippen LogP contribution in [0.25, 0.3) is 5.69 Å². The van der Waals surface area contributed by atoms with Crippen LogP contribution in [-0.4, -0.2) is 51.8 Å². The lowest BCUT2D eigenvalue weighted by molar-refractivity contribution is 0.0337. The van der Waals surface area contributed by atoms with E-state index in [0.29, 0.717) is 5.69 Å². The second-order valence-corrected chi connectivity index (χ2v) is 4.98. The van der Waals surface area contributed by atoms with E-state index in [1.807, 2.05) is 12.3 Å². The van der Waals surface area contributed by atoms with Gasteiger partial charge in [0.25, 0.3) is 0 Å². The normalized spacial score (nSPS) is 16.0. The molecule has 1 aromatic carbocycles. The molecule has 0 radical (unpaired) electrons. The molecule has 1 saturated heterocycles. The number of benzene rings is 1. The Hall–Kier alpha value is -2.18. The molecule has 1 N–H and O–H groups in total. The molecule has 2 aromatic rings. The third-order valence-corrected chi connectivity index (χ3v) is 3.54. The van der Waals surface area contributed by atoms with Crippen molar-refractivity contribution in [2.75, 3.05) is 26.3 Å². The minimum absolute atomic E-state index is 0.271. The molecule has 0 amide bonds. The molecule has 6 nitrogen and oxygen atoms in total. The summed E-state index contributed by atoms with van der Waals surface area (Å²) in [5, 5.41) is 9.24. The summed E-state index contributed by atoms with van der Waals surface area (Å²) >= 11 is 0. The zero-order valence-corrected chi connectivity index (χ0v) is 11.6. The van der Waals surface area contributed by atoms with Crippen molar-refractivity contribution in [3.63, 3.8) is 0 Å². The number of hydrogen-bond acceptors (Lipinski definition) is 4. The number of aromatic nitrogens is 2. The summed E-state index contributed by atoms with van der Waals surface area (Å²) in [6.45, 7) is 4.06. The lowest BCUT2D eigenvalue weighted by Crippen LogP contribution is -2.35. The second kappa shape index (κ2) is 6.07. The van der Waals surface area contributed by atoms with Crippen LogP contribution in [0.3, 0.4) is 0 Å². The predicted molar refractivity (Wildman–Crippen MR) is 76.6 cm³/mol. The fourth-order valence-electron chi connectivity index (χ4n) is 2.44. The van der Waals surface area contributed by atoms with Gasteiger partial charge in [-0.3, -0.25) is 4.90 Å². The lowest BCUT2D eigenvalue weighted by atomic mass is 10.2. The van der Waals surface area contributed by atoms with Gasteiger partial charge in [-0.15, -0.1) is 0 Å². The van der Waals surface area contributed by atoms with Gasteiger partial charge in [-0.1, -0.05) is 12.1 Å². The Balaban J connectivity index is 1.80. The summed E-state index contributed by atoms with van der Waals surface area (Å²) in [5.74, 6) is -0.936. The zero-order chi connectivity index (χ0) is 14.7. The Labute approximate surface area is 122 Å². The average Bonchev–Trinajstić information content (AvgIpc) is 2.96. The van der Waals surface area contributed by atoms with E-state index in [1.165, 1.54) is 0 Å². The maximum atomic E-state index is 11.3. The van der Waals surface area contributed by atoms with Crippen molar-refractivity contribution in [3.05, 3.63) is 48.0 Å². The number of hydrogen-bond donors (Lipinski definition) is 1. The predicted octanol–water partition coefficient (Wildman–Crippen LogP) is 1.40. The van der Waals surface area contributed by atoms with Gasteiger partial charge in [0.05, 0.1) is 36.5 Å². The first-order valence-corrected chi connectivity index (χ1v) is 6.90. The average molecular weight is 287 g/mol. The highest BCUT2D eigenvalue weighted by Gasteiger charge is 2.14. The Morgan fingerprint density at radius 2 is 2.05 bits per heavy atom. The van der Waals surface area contributed by atoms with Crippen molar-refractivity contribution in [2.45, 2.75) is 6.54 Å². The van der Waals surface area contributed by atoms with E-state index in [2.05, 4.69) is 9.88 Å². The molecule has 0 atom stereocenters. The third kappa shape index (κ3) is 3.12. The highest BCUT2D eigenvalue weighted by Crippen LogP contribution is 2.15. The molecular formula is C15H17N3O3. The molecule has 2 heterocycles. The molecule has 3 rings (SSSR count). The van der Waals surface area contributed by atoms with Gasteiger partial charge in [-0.2, -0.15) is 0 Å². The number of imidazole rings is 1. The van der Waals surface area contributed by atoms with E-state index in [-0.39, 0.29) is 5.56 Å². The van der Waals surface area contributed by atoms with Crippen LogP contribution in [0.2, 0.25) is 0 Å². The van der Waals surface area contributed by atoms with Crippen molar-refractivity contribution >= 4 is 5.97 Å². The number of rotatable bonds is 4. The quantitative estimate of drug-likeness (QED) is 0.920. The number of morpholine rings is 1. The van der Waals surface area contributed by atoms with Gasteiger partial charge < -0.3 is 14.4 Å². The minimum Gasteiger partial charge on any atom is -0.478 e. The van der Waals surface area contributed by atoms with Gasteiger partial charge in [0.1, 0.15) is 0 Å². The molecule has 0 spiro atoms. The van der Waals surface area contributed by atoms with Gasteiger partial charge in [0.15, 0.2) is 0 Å². The van der Waals surface area contributed by atoms with Crippen LogP contribution in [0.15, 0.2) is 36.8 Å². The Bertz CT molecular complexity index is 633. The van der Waals surface area contributed by atoms with Gasteiger partial charge in [0.2, 0.25) is 0 Å². The molecule has 1 aliphatic rings. The van der Waals surface area contributed by atoms with Crippen LogP contribution in [0.4, 0.5) is 0 Å². The standard InChI is InChI=1S/C15H17N3O3/c19-15(20)13-3-1-2-4-14(13)18-10-12(16-11-18)9-17-5-7-21-8-6-17/h1-4,10-11H,5-9H2,(H,19,20). The largest absolute Gasteiger partial charge is 0.478 e. The molecule has 1 aromatic heterocycles. The van der Waals surface area contributed by atoms with Crippen molar-refractivity contribution < 1.29 is 14.6 Å². The first-order chi connectivity index (χ1) is 10.2. The Kier molecular flexibility index (Phi) is 3.98.